The second kappa shape index (κ2) is 10.4. The number of aromatic nitrogens is 2. The third kappa shape index (κ3) is 5.29. The van der Waals surface area contributed by atoms with Gasteiger partial charge in [-0.3, -0.25) is 14.9 Å². The van der Waals surface area contributed by atoms with Crippen LogP contribution in [0.3, 0.4) is 0 Å². The van der Waals surface area contributed by atoms with E-state index >= 15 is 0 Å². The van der Waals surface area contributed by atoms with Crippen molar-refractivity contribution in [2.45, 2.75) is 17.2 Å². The number of hydrogen-bond acceptors (Lipinski definition) is 7. The molecule has 1 N–H and O–H groups in total. The van der Waals surface area contributed by atoms with E-state index in [9.17, 15) is 9.59 Å². The van der Waals surface area contributed by atoms with Crippen molar-refractivity contribution < 1.29 is 14.3 Å². The maximum absolute atomic E-state index is 12.8. The number of rotatable bonds is 8. The summed E-state index contributed by atoms with van der Waals surface area (Å²) in [5.41, 5.74) is 1.39. The standard InChI is InChI=1S/C22H21ClN4O3S2/c1-30-10-11-31-18-5-3-2-4-17(18)20(29)24-22-26-25-21(32-22)14-12-19(28)27(13-14)16-8-6-15(23)7-9-16/h2-9,14H,10-13H2,1H3,(H,24,26,29). The van der Waals surface area contributed by atoms with E-state index < -0.39 is 0 Å². The highest BCUT2D eigenvalue weighted by Gasteiger charge is 2.34. The van der Waals surface area contributed by atoms with E-state index in [2.05, 4.69) is 15.5 Å². The highest BCUT2D eigenvalue weighted by atomic mass is 35.5. The Balaban J connectivity index is 1.42. The monoisotopic (exact) mass is 488 g/mol. The number of halogens is 1. The molecule has 1 aliphatic rings. The molecule has 10 heteroatoms. The molecule has 0 bridgehead atoms. The Bertz CT molecular complexity index is 1110. The lowest BCUT2D eigenvalue weighted by molar-refractivity contribution is -0.117. The summed E-state index contributed by atoms with van der Waals surface area (Å²) in [5.74, 6) is 0.473. The lowest BCUT2D eigenvalue weighted by Crippen LogP contribution is -2.24. The summed E-state index contributed by atoms with van der Waals surface area (Å²) in [6.07, 6.45) is 0.351. The number of nitrogens with zero attached hydrogens (tertiary/aromatic N) is 3. The Morgan fingerprint density at radius 2 is 2.03 bits per heavy atom. The van der Waals surface area contributed by atoms with Crippen LogP contribution in [0, 0.1) is 0 Å². The van der Waals surface area contributed by atoms with Crippen LogP contribution < -0.4 is 10.2 Å². The molecule has 1 aromatic heterocycles. The molecule has 1 fully saturated rings. The number of hydrogen-bond donors (Lipinski definition) is 1. The minimum atomic E-state index is -0.237. The fourth-order valence-corrected chi connectivity index (χ4v) is 5.29. The fourth-order valence-electron chi connectivity index (χ4n) is 3.37. The van der Waals surface area contributed by atoms with Gasteiger partial charge in [0.2, 0.25) is 11.0 Å². The van der Waals surface area contributed by atoms with Gasteiger partial charge >= 0.3 is 0 Å². The van der Waals surface area contributed by atoms with E-state index in [1.807, 2.05) is 30.3 Å². The minimum absolute atomic E-state index is 0.0279. The van der Waals surface area contributed by atoms with Gasteiger partial charge in [-0.25, -0.2) is 0 Å². The minimum Gasteiger partial charge on any atom is -0.384 e. The van der Waals surface area contributed by atoms with Gasteiger partial charge in [0, 0.05) is 47.4 Å². The number of carbonyl (C=O) groups excluding carboxylic acids is 2. The van der Waals surface area contributed by atoms with E-state index in [0.29, 0.717) is 35.3 Å². The van der Waals surface area contributed by atoms with Crippen LogP contribution in [0.1, 0.15) is 27.7 Å². The molecular weight excluding hydrogens is 468 g/mol. The summed E-state index contributed by atoms with van der Waals surface area (Å²) in [4.78, 5) is 28.0. The largest absolute Gasteiger partial charge is 0.384 e. The third-order valence-corrected chi connectivity index (χ3v) is 7.24. The first kappa shape index (κ1) is 22.7. The summed E-state index contributed by atoms with van der Waals surface area (Å²) < 4.78 is 5.09. The van der Waals surface area contributed by atoms with Gasteiger partial charge in [0.05, 0.1) is 12.2 Å². The number of anilines is 2. The van der Waals surface area contributed by atoms with Gasteiger partial charge in [-0.1, -0.05) is 35.1 Å². The SMILES string of the molecule is COCCSc1ccccc1C(=O)Nc1nnc(C2CC(=O)N(c3ccc(Cl)cc3)C2)s1. The van der Waals surface area contributed by atoms with Gasteiger partial charge in [-0.15, -0.1) is 22.0 Å². The molecule has 0 spiro atoms. The van der Waals surface area contributed by atoms with Gasteiger partial charge in [-0.05, 0) is 36.4 Å². The normalized spacial score (nSPS) is 15.9. The van der Waals surface area contributed by atoms with Crippen LogP contribution in [0.25, 0.3) is 0 Å². The van der Waals surface area contributed by atoms with Crippen molar-refractivity contribution in [3.8, 4) is 0 Å². The highest BCUT2D eigenvalue weighted by molar-refractivity contribution is 7.99. The molecule has 1 saturated heterocycles. The molecule has 1 atom stereocenters. The molecule has 1 aliphatic heterocycles. The summed E-state index contributed by atoms with van der Waals surface area (Å²) in [5, 5.41) is 13.0. The number of benzene rings is 2. The zero-order valence-corrected chi connectivity index (χ0v) is 19.7. The van der Waals surface area contributed by atoms with E-state index in [1.54, 1.807) is 42.0 Å². The van der Waals surface area contributed by atoms with Crippen LogP contribution in [0.15, 0.2) is 53.4 Å². The molecule has 2 aromatic carbocycles. The van der Waals surface area contributed by atoms with Crippen molar-refractivity contribution in [2.75, 3.05) is 36.2 Å². The second-order valence-corrected chi connectivity index (χ2v) is 9.70. The lowest BCUT2D eigenvalue weighted by atomic mass is 10.1. The maximum Gasteiger partial charge on any atom is 0.258 e. The summed E-state index contributed by atoms with van der Waals surface area (Å²) in [6.45, 7) is 1.12. The predicted octanol–water partition coefficient (Wildman–Crippen LogP) is 4.70. The lowest BCUT2D eigenvalue weighted by Gasteiger charge is -2.16. The van der Waals surface area contributed by atoms with Crippen LogP contribution >= 0.6 is 34.7 Å². The maximum atomic E-state index is 12.8. The van der Waals surface area contributed by atoms with Gasteiger partial charge in [-0.2, -0.15) is 0 Å². The summed E-state index contributed by atoms with van der Waals surface area (Å²) >= 11 is 8.81. The van der Waals surface area contributed by atoms with E-state index in [1.165, 1.54) is 11.3 Å². The molecule has 3 aromatic rings. The summed E-state index contributed by atoms with van der Waals surface area (Å²) in [6, 6.07) is 14.6. The number of amides is 2. The average molecular weight is 489 g/mol. The van der Waals surface area contributed by atoms with Gasteiger partial charge < -0.3 is 9.64 Å². The predicted molar refractivity (Wildman–Crippen MR) is 128 cm³/mol. The number of nitrogens with one attached hydrogen (secondary N) is 1. The first-order chi connectivity index (χ1) is 15.5. The van der Waals surface area contributed by atoms with Crippen molar-refractivity contribution in [1.29, 1.82) is 0 Å². The number of carbonyl (C=O) groups is 2. The number of ether oxygens (including phenoxy) is 1. The van der Waals surface area contributed by atoms with Crippen LogP contribution in [-0.2, 0) is 9.53 Å². The fraction of sp³-hybridized carbons (Fsp3) is 0.273. The first-order valence-electron chi connectivity index (χ1n) is 9.96. The Labute approximate surface area is 199 Å². The Kier molecular flexibility index (Phi) is 7.41. The van der Waals surface area contributed by atoms with Gasteiger partial charge in [0.1, 0.15) is 5.01 Å². The van der Waals surface area contributed by atoms with E-state index in [-0.39, 0.29) is 17.7 Å². The molecule has 166 valence electrons. The van der Waals surface area contributed by atoms with Crippen LogP contribution in [-0.4, -0.2) is 48.0 Å². The molecule has 0 aliphatic carbocycles. The van der Waals surface area contributed by atoms with Crippen molar-refractivity contribution >= 4 is 57.3 Å². The van der Waals surface area contributed by atoms with Crippen LogP contribution in [0.5, 0.6) is 0 Å². The molecule has 2 heterocycles. The topological polar surface area (TPSA) is 84.4 Å². The van der Waals surface area contributed by atoms with E-state index in [4.69, 9.17) is 16.3 Å². The van der Waals surface area contributed by atoms with E-state index in [0.717, 1.165) is 21.3 Å². The van der Waals surface area contributed by atoms with Crippen molar-refractivity contribution in [2.24, 2.45) is 0 Å². The van der Waals surface area contributed by atoms with Crippen molar-refractivity contribution in [3.63, 3.8) is 0 Å². The zero-order valence-electron chi connectivity index (χ0n) is 17.3. The second-order valence-electron chi connectivity index (χ2n) is 7.12. The molecule has 7 nitrogen and oxygen atoms in total. The van der Waals surface area contributed by atoms with Gasteiger partial charge in [0.25, 0.3) is 5.91 Å². The smallest absolute Gasteiger partial charge is 0.258 e. The number of methoxy groups -OCH3 is 1. The molecule has 4 rings (SSSR count). The quantitative estimate of drug-likeness (QED) is 0.365. The molecule has 0 saturated carbocycles. The summed E-state index contributed by atoms with van der Waals surface area (Å²) in [7, 11) is 1.65. The molecule has 2 amide bonds. The molecule has 32 heavy (non-hydrogen) atoms. The van der Waals surface area contributed by atoms with Crippen LogP contribution in [0.2, 0.25) is 5.02 Å². The Morgan fingerprint density at radius 3 is 2.81 bits per heavy atom. The molecule has 0 radical (unpaired) electrons. The Hall–Kier alpha value is -2.46. The van der Waals surface area contributed by atoms with Crippen molar-refractivity contribution in [3.05, 3.63) is 64.1 Å². The first-order valence-corrected chi connectivity index (χ1v) is 12.1. The zero-order chi connectivity index (χ0) is 22.5. The highest BCUT2D eigenvalue weighted by Crippen LogP contribution is 2.35. The third-order valence-electron chi connectivity index (χ3n) is 4.95. The number of thioether (sulfide) groups is 1. The average Bonchev–Trinajstić information content (AvgIpc) is 3.41. The molecule has 1 unspecified atom stereocenters. The van der Waals surface area contributed by atoms with Crippen LogP contribution in [0.4, 0.5) is 10.8 Å². The molecular formula is C22H21ClN4O3S2. The van der Waals surface area contributed by atoms with Crippen molar-refractivity contribution in [1.82, 2.24) is 10.2 Å². The van der Waals surface area contributed by atoms with Gasteiger partial charge in [0.15, 0.2) is 0 Å². The Morgan fingerprint density at radius 1 is 1.25 bits per heavy atom.